The van der Waals surface area contributed by atoms with E-state index in [2.05, 4.69) is 15.9 Å². The molecule has 2 bridgehead atoms. The van der Waals surface area contributed by atoms with Gasteiger partial charge in [0, 0.05) is 37.3 Å². The highest BCUT2D eigenvalue weighted by Gasteiger charge is 2.49. The van der Waals surface area contributed by atoms with E-state index in [9.17, 15) is 37.8 Å². The fourth-order valence-electron chi connectivity index (χ4n) is 6.79. The fourth-order valence-corrected chi connectivity index (χ4v) is 7.15. The van der Waals surface area contributed by atoms with E-state index in [1.54, 1.807) is 11.0 Å². The minimum Gasteiger partial charge on any atom is -0.492 e. The molecule has 13 heteroatoms. The number of hydrogen-bond acceptors (Lipinski definition) is 4. The lowest BCUT2D eigenvalue weighted by Crippen LogP contribution is -2.65. The summed E-state index contributed by atoms with van der Waals surface area (Å²) < 4.78 is 48.4. The third kappa shape index (κ3) is 7.56. The van der Waals surface area contributed by atoms with Gasteiger partial charge in [-0.15, -0.1) is 0 Å². The molecule has 3 aliphatic rings. The van der Waals surface area contributed by atoms with E-state index < -0.39 is 47.6 Å². The van der Waals surface area contributed by atoms with Crippen LogP contribution < -0.4 is 4.74 Å². The summed E-state index contributed by atoms with van der Waals surface area (Å²) in [6, 6.07) is 13.9. The Kier molecular flexibility index (Phi) is 10.2. The van der Waals surface area contributed by atoms with Gasteiger partial charge >= 0.3 is 12.2 Å². The molecular formula is C36H35BrF3N3O6. The smallest absolute Gasteiger partial charge is 0.408 e. The molecule has 1 aliphatic carbocycles. The molecule has 0 radical (unpaired) electrons. The molecule has 1 saturated heterocycles. The Morgan fingerprint density at radius 2 is 1.69 bits per heavy atom. The van der Waals surface area contributed by atoms with E-state index in [0.29, 0.717) is 48.1 Å². The lowest BCUT2D eigenvalue weighted by Gasteiger charge is -2.49. The van der Waals surface area contributed by atoms with E-state index in [4.69, 9.17) is 4.74 Å². The number of carbonyl (C=O) groups excluding carboxylic acids is 1. The minimum atomic E-state index is -1.24. The first-order valence-corrected chi connectivity index (χ1v) is 16.9. The normalized spacial score (nSPS) is 18.8. The van der Waals surface area contributed by atoms with Crippen LogP contribution in [0.2, 0.25) is 0 Å². The summed E-state index contributed by atoms with van der Waals surface area (Å²) in [5.41, 5.74) is 2.70. The van der Waals surface area contributed by atoms with E-state index in [-0.39, 0.29) is 49.7 Å². The summed E-state index contributed by atoms with van der Waals surface area (Å²) in [4.78, 5) is 43.1. The summed E-state index contributed by atoms with van der Waals surface area (Å²) >= 11 is 3.35. The number of fused-ring (bicyclic) bond motifs is 2. The maximum atomic E-state index is 14.6. The first kappa shape index (κ1) is 34.3. The van der Waals surface area contributed by atoms with Crippen molar-refractivity contribution < 1.29 is 42.5 Å². The Labute approximate surface area is 289 Å². The maximum Gasteiger partial charge on any atom is 0.408 e. The third-order valence-corrected chi connectivity index (χ3v) is 9.99. The van der Waals surface area contributed by atoms with Crippen molar-refractivity contribution in [3.63, 3.8) is 0 Å². The zero-order chi connectivity index (χ0) is 34.8. The SMILES string of the molecule is O=C(O)N1C[C@H]2CC(c3ccc(CCCOc4cc(F)ccc4Br)cc3)=C(C(=O)N(CCc3cccc(F)c3F)C3CC3)[C@@H](C1)N2C(=O)O. The van der Waals surface area contributed by atoms with Crippen LogP contribution in [0.5, 0.6) is 5.75 Å². The number of nitrogens with zero attached hydrogens (tertiary/aromatic N) is 3. The van der Waals surface area contributed by atoms with E-state index in [0.717, 1.165) is 22.1 Å². The van der Waals surface area contributed by atoms with Crippen LogP contribution in [-0.4, -0.2) is 87.4 Å². The van der Waals surface area contributed by atoms with Crippen LogP contribution in [0, 0.1) is 17.5 Å². The zero-order valence-corrected chi connectivity index (χ0v) is 28.0. The van der Waals surface area contributed by atoms with Gasteiger partial charge in [0.1, 0.15) is 11.6 Å². The van der Waals surface area contributed by atoms with E-state index in [1.165, 1.54) is 29.2 Å². The van der Waals surface area contributed by atoms with Crippen LogP contribution in [0.25, 0.3) is 5.57 Å². The van der Waals surface area contributed by atoms with Gasteiger partial charge in [-0.05, 0) is 94.9 Å². The van der Waals surface area contributed by atoms with Crippen LogP contribution in [0.1, 0.15) is 42.4 Å². The Hall–Kier alpha value is -4.52. The molecule has 49 heavy (non-hydrogen) atoms. The van der Waals surface area contributed by atoms with Crippen LogP contribution in [0.3, 0.4) is 0 Å². The number of rotatable bonds is 11. The molecule has 3 aromatic rings. The van der Waals surface area contributed by atoms with Gasteiger partial charge in [0.2, 0.25) is 0 Å². The topological polar surface area (TPSA) is 111 Å². The van der Waals surface area contributed by atoms with Crippen molar-refractivity contribution in [3.05, 3.63) is 105 Å². The molecule has 2 heterocycles. The molecular weight excluding hydrogens is 707 g/mol. The lowest BCUT2D eigenvalue weighted by atomic mass is 9.81. The summed E-state index contributed by atoms with van der Waals surface area (Å²) in [5, 5.41) is 20.1. The molecule has 258 valence electrons. The predicted octanol–water partition coefficient (Wildman–Crippen LogP) is 6.98. The van der Waals surface area contributed by atoms with Crippen LogP contribution in [-0.2, 0) is 17.6 Å². The predicted molar refractivity (Wildman–Crippen MR) is 178 cm³/mol. The molecule has 3 amide bonds. The second-order valence-corrected chi connectivity index (χ2v) is 13.4. The first-order chi connectivity index (χ1) is 23.5. The monoisotopic (exact) mass is 741 g/mol. The highest BCUT2D eigenvalue weighted by Crippen LogP contribution is 2.41. The van der Waals surface area contributed by atoms with Gasteiger partial charge in [-0.3, -0.25) is 9.69 Å². The highest BCUT2D eigenvalue weighted by molar-refractivity contribution is 9.10. The number of carboxylic acid groups (broad SMARTS) is 2. The highest BCUT2D eigenvalue weighted by atomic mass is 79.9. The first-order valence-electron chi connectivity index (χ1n) is 16.1. The van der Waals surface area contributed by atoms with Gasteiger partial charge in [-0.25, -0.2) is 22.8 Å². The van der Waals surface area contributed by atoms with Crippen LogP contribution in [0.4, 0.5) is 22.8 Å². The molecule has 2 fully saturated rings. The number of carbonyl (C=O) groups is 3. The Balaban J connectivity index is 1.28. The van der Waals surface area contributed by atoms with Crippen molar-refractivity contribution in [1.29, 1.82) is 0 Å². The second kappa shape index (κ2) is 14.5. The summed E-state index contributed by atoms with van der Waals surface area (Å²) in [5.74, 6) is -2.35. The Morgan fingerprint density at radius 1 is 0.939 bits per heavy atom. The lowest BCUT2D eigenvalue weighted by molar-refractivity contribution is -0.128. The van der Waals surface area contributed by atoms with E-state index in [1.807, 2.05) is 24.3 Å². The molecule has 2 aliphatic heterocycles. The molecule has 1 saturated carbocycles. The van der Waals surface area contributed by atoms with Crippen molar-refractivity contribution in [1.82, 2.24) is 14.7 Å². The second-order valence-electron chi connectivity index (χ2n) is 12.6. The average molecular weight is 743 g/mol. The van der Waals surface area contributed by atoms with Crippen molar-refractivity contribution in [2.24, 2.45) is 0 Å². The van der Waals surface area contributed by atoms with Gasteiger partial charge in [0.15, 0.2) is 11.6 Å². The maximum absolute atomic E-state index is 14.6. The molecule has 3 aromatic carbocycles. The van der Waals surface area contributed by atoms with Gasteiger partial charge in [0.25, 0.3) is 5.91 Å². The molecule has 2 atom stereocenters. The molecule has 6 rings (SSSR count). The van der Waals surface area contributed by atoms with Gasteiger partial charge in [-0.2, -0.15) is 0 Å². The average Bonchev–Trinajstić information content (AvgIpc) is 3.91. The zero-order valence-electron chi connectivity index (χ0n) is 26.5. The number of piperazine rings is 1. The van der Waals surface area contributed by atoms with Gasteiger partial charge in [0.05, 0.1) is 23.2 Å². The number of benzene rings is 3. The molecule has 9 nitrogen and oxygen atoms in total. The summed E-state index contributed by atoms with van der Waals surface area (Å²) in [6.45, 7) is 0.200. The van der Waals surface area contributed by atoms with E-state index >= 15 is 0 Å². The molecule has 0 aromatic heterocycles. The summed E-state index contributed by atoms with van der Waals surface area (Å²) in [7, 11) is 0. The standard InChI is InChI=1S/C36H35BrF3N3O6/c37-28-13-10-24(38)17-31(28)49-16-2-3-21-6-8-22(9-7-21)27-18-26-19-41(35(45)46)20-30(43(26)36(47)48)32(27)34(44)42(25-11-12-25)15-14-23-4-1-5-29(39)33(23)40/h1,4-10,13,17,25-26,30H,2-3,11-12,14-16,18-20H2,(H,45,46)(H,47,48)/t26-,30-/m1/s1. The molecule has 0 unspecified atom stereocenters. The van der Waals surface area contributed by atoms with Crippen LogP contribution in [0.15, 0.2) is 70.7 Å². The molecule has 0 spiro atoms. The summed E-state index contributed by atoms with van der Waals surface area (Å²) in [6.07, 6.45) is 0.481. The number of aryl methyl sites for hydroxylation is 1. The molecule has 2 N–H and O–H groups in total. The van der Waals surface area contributed by atoms with Gasteiger partial charge < -0.3 is 24.7 Å². The number of halogens is 4. The van der Waals surface area contributed by atoms with Gasteiger partial charge in [-0.1, -0.05) is 36.4 Å². The number of amides is 3. The van der Waals surface area contributed by atoms with Crippen LogP contribution >= 0.6 is 15.9 Å². The fraction of sp³-hybridized carbons (Fsp3) is 0.361. The third-order valence-electron chi connectivity index (χ3n) is 9.34. The number of ether oxygens (including phenoxy) is 1. The number of hydrogen-bond donors (Lipinski definition) is 2. The minimum absolute atomic E-state index is 0.0339. The quantitative estimate of drug-likeness (QED) is 0.205. The Morgan fingerprint density at radius 3 is 2.39 bits per heavy atom. The van der Waals surface area contributed by atoms with Crippen molar-refractivity contribution >= 4 is 39.6 Å². The van der Waals surface area contributed by atoms with Crippen molar-refractivity contribution in [2.45, 2.75) is 56.7 Å². The van der Waals surface area contributed by atoms with Crippen molar-refractivity contribution in [2.75, 3.05) is 26.2 Å². The Bertz CT molecular complexity index is 1780. The largest absolute Gasteiger partial charge is 0.492 e. The van der Waals surface area contributed by atoms with Crippen molar-refractivity contribution in [3.8, 4) is 5.75 Å².